The third-order valence-electron chi connectivity index (χ3n) is 4.58. The van der Waals surface area contributed by atoms with Crippen molar-refractivity contribution in [3.8, 4) is 5.75 Å². The van der Waals surface area contributed by atoms with Crippen LogP contribution in [-0.2, 0) is 18.4 Å². The van der Waals surface area contributed by atoms with Gasteiger partial charge in [-0.25, -0.2) is 4.39 Å². The molecule has 1 amide bonds. The van der Waals surface area contributed by atoms with Gasteiger partial charge in [-0.2, -0.15) is 5.10 Å². The number of nitrogens with one attached hydrogen (secondary N) is 1. The zero-order valence-corrected chi connectivity index (χ0v) is 15.0. The number of carbonyl (C=O) groups excluding carboxylic acids is 1. The maximum Gasteiger partial charge on any atom is 0.223 e. The van der Waals surface area contributed by atoms with E-state index >= 15 is 0 Å². The van der Waals surface area contributed by atoms with E-state index in [2.05, 4.69) is 10.4 Å². The molecule has 6 nitrogen and oxygen atoms in total. The first-order valence-corrected chi connectivity index (χ1v) is 8.98. The number of rotatable bonds is 9. The molecule has 1 aliphatic rings. The van der Waals surface area contributed by atoms with Crippen molar-refractivity contribution in [2.24, 2.45) is 7.05 Å². The van der Waals surface area contributed by atoms with E-state index in [0.717, 1.165) is 24.9 Å². The van der Waals surface area contributed by atoms with Crippen molar-refractivity contribution in [3.63, 3.8) is 0 Å². The summed E-state index contributed by atoms with van der Waals surface area (Å²) in [5.41, 5.74) is 1.06. The molecule has 0 spiro atoms. The van der Waals surface area contributed by atoms with Crippen molar-refractivity contribution in [3.05, 3.63) is 48.0 Å². The molecule has 2 heterocycles. The van der Waals surface area contributed by atoms with Gasteiger partial charge in [0, 0.05) is 44.4 Å². The Balaban J connectivity index is 1.35. The number of ether oxygens (including phenoxy) is 1. The molecule has 0 saturated carbocycles. The molecule has 3 rings (SSSR count). The van der Waals surface area contributed by atoms with E-state index in [4.69, 9.17) is 4.74 Å². The second-order valence-corrected chi connectivity index (χ2v) is 6.58. The molecule has 1 unspecified atom stereocenters. The molecule has 0 radical (unpaired) electrons. The zero-order chi connectivity index (χ0) is 18.4. The van der Waals surface area contributed by atoms with Gasteiger partial charge in [0.15, 0.2) is 0 Å². The molecular formula is C19H25FN4O2. The van der Waals surface area contributed by atoms with Crippen LogP contribution in [-0.4, -0.2) is 46.3 Å². The van der Waals surface area contributed by atoms with Gasteiger partial charge in [0.2, 0.25) is 5.91 Å². The number of hydrogen-bond donors (Lipinski definition) is 1. The number of nitrogens with zero attached hydrogens (tertiary/aromatic N) is 3. The third kappa shape index (κ3) is 5.05. The van der Waals surface area contributed by atoms with Gasteiger partial charge in [0.25, 0.3) is 0 Å². The summed E-state index contributed by atoms with van der Waals surface area (Å²) in [6, 6.07) is 6.28. The molecule has 140 valence electrons. The summed E-state index contributed by atoms with van der Waals surface area (Å²) in [5, 5.41) is 7.51. The maximum absolute atomic E-state index is 12.8. The molecular weight excluding hydrogens is 335 g/mol. The summed E-state index contributed by atoms with van der Waals surface area (Å²) in [5.74, 6) is 0.619. The molecule has 1 N–H and O–H groups in total. The van der Waals surface area contributed by atoms with Crippen LogP contribution in [0, 0.1) is 5.82 Å². The number of benzene rings is 1. The Morgan fingerprint density at radius 2 is 2.12 bits per heavy atom. The highest BCUT2D eigenvalue weighted by Crippen LogP contribution is 2.23. The topological polar surface area (TPSA) is 59.4 Å². The second kappa shape index (κ2) is 8.80. The molecule has 2 aromatic rings. The second-order valence-electron chi connectivity index (χ2n) is 6.58. The van der Waals surface area contributed by atoms with Gasteiger partial charge < -0.3 is 15.0 Å². The van der Waals surface area contributed by atoms with Crippen molar-refractivity contribution in [1.29, 1.82) is 0 Å². The van der Waals surface area contributed by atoms with Gasteiger partial charge in [-0.1, -0.05) is 0 Å². The van der Waals surface area contributed by atoms with Crippen LogP contribution in [0.3, 0.4) is 0 Å². The van der Waals surface area contributed by atoms with Crippen LogP contribution in [0.5, 0.6) is 5.75 Å². The number of aromatic nitrogens is 2. The summed E-state index contributed by atoms with van der Waals surface area (Å²) in [6.45, 7) is 2.69. The standard InChI is InChI=1S/C19H25FN4O2/c1-23-13-15(12-22-23)14-24-17(4-7-19(24)25)8-9-21-10-11-26-18-5-2-16(20)3-6-18/h2-3,5-6,12-13,17,21H,4,7-11,14H2,1H3. The fraction of sp³-hybridized carbons (Fsp3) is 0.474. The van der Waals surface area contributed by atoms with Crippen LogP contribution in [0.4, 0.5) is 4.39 Å². The van der Waals surface area contributed by atoms with Crippen LogP contribution in [0.25, 0.3) is 0 Å². The molecule has 1 atom stereocenters. The lowest BCUT2D eigenvalue weighted by Crippen LogP contribution is -2.35. The van der Waals surface area contributed by atoms with Crippen LogP contribution in [0.15, 0.2) is 36.7 Å². The van der Waals surface area contributed by atoms with Crippen molar-refractivity contribution < 1.29 is 13.9 Å². The van der Waals surface area contributed by atoms with Gasteiger partial charge >= 0.3 is 0 Å². The number of halogens is 1. The van der Waals surface area contributed by atoms with Gasteiger partial charge in [-0.15, -0.1) is 0 Å². The van der Waals surface area contributed by atoms with Crippen molar-refractivity contribution in [1.82, 2.24) is 20.0 Å². The molecule has 1 aromatic heterocycles. The molecule has 0 bridgehead atoms. The number of amides is 1. The predicted octanol–water partition coefficient (Wildman–Crippen LogP) is 2.11. The summed E-state index contributed by atoms with van der Waals surface area (Å²) in [6.07, 6.45) is 6.22. The number of carbonyl (C=O) groups is 1. The highest BCUT2D eigenvalue weighted by atomic mass is 19.1. The Bertz CT molecular complexity index is 717. The van der Waals surface area contributed by atoms with Gasteiger partial charge in [-0.05, 0) is 43.7 Å². The number of aryl methyl sites for hydroxylation is 1. The first-order chi connectivity index (χ1) is 12.6. The summed E-state index contributed by atoms with van der Waals surface area (Å²) in [7, 11) is 1.88. The summed E-state index contributed by atoms with van der Waals surface area (Å²) in [4.78, 5) is 14.1. The quantitative estimate of drug-likeness (QED) is 0.696. The van der Waals surface area contributed by atoms with Crippen LogP contribution in [0.1, 0.15) is 24.8 Å². The first-order valence-electron chi connectivity index (χ1n) is 8.98. The van der Waals surface area contributed by atoms with Crippen LogP contribution >= 0.6 is 0 Å². The Morgan fingerprint density at radius 3 is 2.85 bits per heavy atom. The summed E-state index contributed by atoms with van der Waals surface area (Å²) >= 11 is 0. The van der Waals surface area contributed by atoms with E-state index in [1.807, 2.05) is 24.3 Å². The van der Waals surface area contributed by atoms with Gasteiger partial charge in [0.1, 0.15) is 18.2 Å². The van der Waals surface area contributed by atoms with E-state index in [1.54, 1.807) is 16.8 Å². The minimum Gasteiger partial charge on any atom is -0.492 e. The Hall–Kier alpha value is -2.41. The van der Waals surface area contributed by atoms with Crippen LogP contribution < -0.4 is 10.1 Å². The smallest absolute Gasteiger partial charge is 0.223 e. The van der Waals surface area contributed by atoms with E-state index in [9.17, 15) is 9.18 Å². The third-order valence-corrected chi connectivity index (χ3v) is 4.58. The molecule has 1 aromatic carbocycles. The normalized spacial score (nSPS) is 17.1. The molecule has 1 fully saturated rings. The summed E-state index contributed by atoms with van der Waals surface area (Å²) < 4.78 is 20.1. The fourth-order valence-corrected chi connectivity index (χ4v) is 3.23. The van der Waals surface area contributed by atoms with E-state index in [-0.39, 0.29) is 17.8 Å². The number of likely N-dealkylation sites (tertiary alicyclic amines) is 1. The lowest BCUT2D eigenvalue weighted by molar-refractivity contribution is -0.129. The van der Waals surface area contributed by atoms with Crippen molar-refractivity contribution in [2.45, 2.75) is 31.8 Å². The van der Waals surface area contributed by atoms with Crippen molar-refractivity contribution >= 4 is 5.91 Å². The molecule has 1 aliphatic heterocycles. The zero-order valence-electron chi connectivity index (χ0n) is 15.0. The Labute approximate surface area is 152 Å². The maximum atomic E-state index is 12.8. The first kappa shape index (κ1) is 18.4. The molecule has 1 saturated heterocycles. The lowest BCUT2D eigenvalue weighted by atomic mass is 10.1. The Morgan fingerprint density at radius 1 is 1.31 bits per heavy atom. The molecule has 0 aliphatic carbocycles. The lowest BCUT2D eigenvalue weighted by Gasteiger charge is -2.24. The minimum absolute atomic E-state index is 0.221. The molecule has 26 heavy (non-hydrogen) atoms. The van der Waals surface area contributed by atoms with Crippen LogP contribution in [0.2, 0.25) is 0 Å². The van der Waals surface area contributed by atoms with Crippen molar-refractivity contribution in [2.75, 3.05) is 19.7 Å². The van der Waals surface area contributed by atoms with E-state index in [0.29, 0.717) is 31.9 Å². The predicted molar refractivity (Wildman–Crippen MR) is 96.2 cm³/mol. The fourth-order valence-electron chi connectivity index (χ4n) is 3.23. The highest BCUT2D eigenvalue weighted by molar-refractivity contribution is 5.78. The average Bonchev–Trinajstić information content (AvgIpc) is 3.19. The van der Waals surface area contributed by atoms with Gasteiger partial charge in [-0.3, -0.25) is 9.48 Å². The average molecular weight is 360 g/mol. The largest absolute Gasteiger partial charge is 0.492 e. The number of hydrogen-bond acceptors (Lipinski definition) is 4. The van der Waals surface area contributed by atoms with E-state index in [1.165, 1.54) is 12.1 Å². The highest BCUT2D eigenvalue weighted by Gasteiger charge is 2.30. The molecule has 7 heteroatoms. The Kier molecular flexibility index (Phi) is 6.22. The van der Waals surface area contributed by atoms with E-state index < -0.39 is 0 Å². The minimum atomic E-state index is -0.266. The monoisotopic (exact) mass is 360 g/mol. The SMILES string of the molecule is Cn1cc(CN2C(=O)CCC2CCNCCOc2ccc(F)cc2)cn1. The van der Waals surface area contributed by atoms with Gasteiger partial charge in [0.05, 0.1) is 6.20 Å².